The Morgan fingerprint density at radius 3 is 2.50 bits per heavy atom. The summed E-state index contributed by atoms with van der Waals surface area (Å²) in [4.78, 5) is 0. The molecule has 78 valence electrons. The van der Waals surface area contributed by atoms with E-state index in [1.54, 1.807) is 5.57 Å². The van der Waals surface area contributed by atoms with Gasteiger partial charge in [-0.2, -0.15) is 0 Å². The summed E-state index contributed by atoms with van der Waals surface area (Å²) >= 11 is 0. The number of hydrogen-bond donors (Lipinski definition) is 1. The summed E-state index contributed by atoms with van der Waals surface area (Å²) in [5.41, 5.74) is 3.07. The molecule has 2 unspecified atom stereocenters. The summed E-state index contributed by atoms with van der Waals surface area (Å²) in [5, 5.41) is 3.70. The molecule has 0 aromatic heterocycles. The third kappa shape index (κ3) is 1.42. The largest absolute Gasteiger partial charge is 0.307 e. The fourth-order valence-corrected chi connectivity index (χ4v) is 2.62. The number of rotatable bonds is 3. The number of nitrogens with one attached hydrogen (secondary N) is 1. The molecule has 3 fully saturated rings. The van der Waals surface area contributed by atoms with Crippen molar-refractivity contribution in [1.29, 1.82) is 0 Å². The van der Waals surface area contributed by atoms with Gasteiger partial charge < -0.3 is 5.32 Å². The van der Waals surface area contributed by atoms with Gasteiger partial charge in [-0.3, -0.25) is 0 Å². The van der Waals surface area contributed by atoms with Gasteiger partial charge in [-0.15, -0.1) is 0 Å². The van der Waals surface area contributed by atoms with Crippen molar-refractivity contribution in [3.05, 3.63) is 11.6 Å². The third-order valence-corrected chi connectivity index (χ3v) is 4.37. The lowest BCUT2D eigenvalue weighted by Gasteiger charge is -2.10. The summed E-state index contributed by atoms with van der Waals surface area (Å²) in [7, 11) is 0. The van der Waals surface area contributed by atoms with Crippen molar-refractivity contribution >= 4 is 0 Å². The zero-order chi connectivity index (χ0) is 9.97. The van der Waals surface area contributed by atoms with Gasteiger partial charge in [0.2, 0.25) is 0 Å². The molecule has 3 aliphatic rings. The van der Waals surface area contributed by atoms with Crippen LogP contribution in [0.3, 0.4) is 0 Å². The maximum absolute atomic E-state index is 3.70. The fourth-order valence-electron chi connectivity index (χ4n) is 2.62. The summed E-state index contributed by atoms with van der Waals surface area (Å²) in [5.74, 6) is 0. The summed E-state index contributed by atoms with van der Waals surface area (Å²) in [6.07, 6.45) is 8.20. The van der Waals surface area contributed by atoms with E-state index in [2.05, 4.69) is 32.2 Å². The zero-order valence-corrected chi connectivity index (χ0v) is 9.56. The van der Waals surface area contributed by atoms with Crippen LogP contribution in [0.4, 0.5) is 0 Å². The van der Waals surface area contributed by atoms with Crippen molar-refractivity contribution in [3.63, 3.8) is 0 Å². The van der Waals surface area contributed by atoms with Gasteiger partial charge in [-0.25, -0.2) is 0 Å². The molecule has 0 saturated heterocycles. The van der Waals surface area contributed by atoms with Gasteiger partial charge in [-0.1, -0.05) is 25.5 Å². The van der Waals surface area contributed by atoms with Crippen LogP contribution in [0.5, 0.6) is 0 Å². The Labute approximate surface area is 87.0 Å². The lowest BCUT2D eigenvalue weighted by Crippen LogP contribution is -2.28. The average Bonchev–Trinajstić information content (AvgIpc) is 2.95. The maximum Gasteiger partial charge on any atom is 0.0227 e. The van der Waals surface area contributed by atoms with Gasteiger partial charge in [0.1, 0.15) is 0 Å². The highest BCUT2D eigenvalue weighted by Crippen LogP contribution is 2.70. The first-order chi connectivity index (χ1) is 6.52. The first-order valence-electron chi connectivity index (χ1n) is 5.99. The number of hydrogen-bond acceptors (Lipinski definition) is 1. The van der Waals surface area contributed by atoms with Crippen LogP contribution >= 0.6 is 0 Å². The Morgan fingerprint density at radius 1 is 1.43 bits per heavy atom. The Kier molecular flexibility index (Phi) is 1.56. The van der Waals surface area contributed by atoms with Crippen LogP contribution in [0.25, 0.3) is 0 Å². The van der Waals surface area contributed by atoms with E-state index in [9.17, 15) is 0 Å². The topological polar surface area (TPSA) is 12.0 Å². The highest BCUT2D eigenvalue weighted by molar-refractivity contribution is 5.40. The molecular weight excluding hydrogens is 170 g/mol. The molecule has 0 aromatic carbocycles. The Bertz CT molecular complexity index is 296. The van der Waals surface area contributed by atoms with Crippen LogP contribution < -0.4 is 5.32 Å². The second-order valence-corrected chi connectivity index (χ2v) is 6.35. The second kappa shape index (κ2) is 2.44. The lowest BCUT2D eigenvalue weighted by molar-refractivity contribution is 0.520. The van der Waals surface area contributed by atoms with Gasteiger partial charge >= 0.3 is 0 Å². The second-order valence-electron chi connectivity index (χ2n) is 6.35. The van der Waals surface area contributed by atoms with Crippen LogP contribution in [-0.4, -0.2) is 12.1 Å². The van der Waals surface area contributed by atoms with Gasteiger partial charge in [-0.05, 0) is 43.4 Å². The molecule has 1 nitrogen and oxygen atoms in total. The van der Waals surface area contributed by atoms with E-state index in [1.165, 1.54) is 25.7 Å². The first kappa shape index (κ1) is 8.96. The molecule has 0 amide bonds. The molecule has 1 N–H and O–H groups in total. The standard InChI is InChI=1S/C13H21N/c1-9(14-11-8-12(11,2)3)6-10-7-13(10)4-5-13/h6,9,11,14H,4-5,7-8H2,1-3H3/b10-6-. The molecule has 0 radical (unpaired) electrons. The molecule has 3 aliphatic carbocycles. The van der Waals surface area contributed by atoms with Crippen molar-refractivity contribution < 1.29 is 0 Å². The van der Waals surface area contributed by atoms with Crippen molar-refractivity contribution in [2.75, 3.05) is 0 Å². The monoisotopic (exact) mass is 191 g/mol. The fraction of sp³-hybridized carbons (Fsp3) is 0.846. The van der Waals surface area contributed by atoms with Crippen molar-refractivity contribution in [3.8, 4) is 0 Å². The van der Waals surface area contributed by atoms with Crippen molar-refractivity contribution in [1.82, 2.24) is 5.32 Å². The van der Waals surface area contributed by atoms with Gasteiger partial charge in [0, 0.05) is 12.1 Å². The predicted octanol–water partition coefficient (Wildman–Crippen LogP) is 2.87. The number of allylic oxidation sites excluding steroid dienone is 1. The van der Waals surface area contributed by atoms with Gasteiger partial charge in [0.05, 0.1) is 0 Å². The highest BCUT2D eigenvalue weighted by atomic mass is 15.0. The van der Waals surface area contributed by atoms with Crippen LogP contribution in [-0.2, 0) is 0 Å². The molecule has 1 heteroatoms. The minimum absolute atomic E-state index is 0.563. The van der Waals surface area contributed by atoms with Crippen LogP contribution in [0, 0.1) is 10.8 Å². The molecule has 0 aliphatic heterocycles. The van der Waals surface area contributed by atoms with Crippen molar-refractivity contribution in [2.24, 2.45) is 10.8 Å². The normalized spacial score (nSPS) is 39.9. The van der Waals surface area contributed by atoms with E-state index in [0.717, 1.165) is 11.5 Å². The third-order valence-electron chi connectivity index (χ3n) is 4.37. The highest BCUT2D eigenvalue weighted by Gasteiger charge is 2.58. The van der Waals surface area contributed by atoms with E-state index in [0.29, 0.717) is 11.5 Å². The Morgan fingerprint density at radius 2 is 2.07 bits per heavy atom. The van der Waals surface area contributed by atoms with Gasteiger partial charge in [0.15, 0.2) is 0 Å². The summed E-state index contributed by atoms with van der Waals surface area (Å²) < 4.78 is 0. The first-order valence-corrected chi connectivity index (χ1v) is 5.99. The quantitative estimate of drug-likeness (QED) is 0.676. The molecule has 3 rings (SSSR count). The minimum atomic E-state index is 0.563. The van der Waals surface area contributed by atoms with Crippen molar-refractivity contribution in [2.45, 2.75) is 58.5 Å². The zero-order valence-electron chi connectivity index (χ0n) is 9.56. The van der Waals surface area contributed by atoms with Crippen LogP contribution in [0.1, 0.15) is 46.5 Å². The molecule has 0 heterocycles. The van der Waals surface area contributed by atoms with Crippen LogP contribution in [0.15, 0.2) is 11.6 Å². The molecule has 1 spiro atoms. The van der Waals surface area contributed by atoms with E-state index < -0.39 is 0 Å². The lowest BCUT2D eigenvalue weighted by atomic mass is 10.2. The average molecular weight is 191 g/mol. The SMILES string of the molecule is CC(/C=C1/CC12CC2)NC1CC1(C)C. The van der Waals surface area contributed by atoms with E-state index >= 15 is 0 Å². The maximum atomic E-state index is 3.70. The Balaban J connectivity index is 1.52. The Hall–Kier alpha value is -0.300. The molecule has 14 heavy (non-hydrogen) atoms. The molecule has 0 aromatic rings. The summed E-state index contributed by atoms with van der Waals surface area (Å²) in [6.45, 7) is 7.00. The molecule has 2 atom stereocenters. The summed E-state index contributed by atoms with van der Waals surface area (Å²) in [6, 6.07) is 1.36. The van der Waals surface area contributed by atoms with Gasteiger partial charge in [0.25, 0.3) is 0 Å². The van der Waals surface area contributed by atoms with E-state index in [4.69, 9.17) is 0 Å². The van der Waals surface area contributed by atoms with Crippen LogP contribution in [0.2, 0.25) is 0 Å². The predicted molar refractivity (Wildman–Crippen MR) is 59.2 cm³/mol. The smallest absolute Gasteiger partial charge is 0.0227 e. The molecular formula is C13H21N. The molecule has 3 saturated carbocycles. The molecule has 0 bridgehead atoms. The van der Waals surface area contributed by atoms with E-state index in [1.807, 2.05) is 0 Å². The minimum Gasteiger partial charge on any atom is -0.307 e. The van der Waals surface area contributed by atoms with E-state index in [-0.39, 0.29) is 0 Å².